The van der Waals surface area contributed by atoms with Crippen molar-refractivity contribution in [3.63, 3.8) is 0 Å². The van der Waals surface area contributed by atoms with E-state index in [0.717, 1.165) is 30.8 Å². The number of fused-ring (bicyclic) bond motifs is 10. The first-order valence-electron chi connectivity index (χ1n) is 28.5. The third-order valence-corrected chi connectivity index (χ3v) is 22.1. The van der Waals surface area contributed by atoms with E-state index in [1.54, 1.807) is 5.57 Å². The zero-order valence-corrected chi connectivity index (χ0v) is 49.1. The Kier molecular flexibility index (Phi) is 12.0. The molecule has 392 valence electrons. The first-order chi connectivity index (χ1) is 35.9. The third kappa shape index (κ3) is 8.16. The molecule has 0 saturated heterocycles. The molecule has 1 aromatic heterocycles. The molecule has 2 aliphatic carbocycles. The fraction of sp³-hybridized carbons (Fsp3) is 0.408. The lowest BCUT2D eigenvalue weighted by Crippen LogP contribution is -2.44. The highest BCUT2D eigenvalue weighted by Gasteiger charge is 2.55. The molecule has 12 rings (SSSR count). The molecule has 5 heteroatoms. The Labute approximate surface area is 457 Å². The van der Waals surface area contributed by atoms with Crippen LogP contribution in [0, 0.1) is 46.8 Å². The van der Waals surface area contributed by atoms with Crippen LogP contribution >= 0.6 is 8.07 Å². The van der Waals surface area contributed by atoms with Gasteiger partial charge in [-0.2, -0.15) is 0 Å². The van der Waals surface area contributed by atoms with Gasteiger partial charge in [0.25, 0.3) is 0 Å². The summed E-state index contributed by atoms with van der Waals surface area (Å²) >= 11 is 0. The lowest BCUT2D eigenvalue weighted by atomic mass is 9.62. The number of hydrogen-bond acceptors (Lipinski definition) is 3. The summed E-state index contributed by atoms with van der Waals surface area (Å²) in [5.74, 6) is 3.43. The second-order valence-corrected chi connectivity index (χ2v) is 29.8. The molecule has 0 N–H and O–H groups in total. The predicted octanol–water partition coefficient (Wildman–Crippen LogP) is 19.0. The minimum Gasteiger partial charge on any atom is -0.456 e. The molecule has 5 aromatic carbocycles. The molecular formula is C71H82N3OP. The summed E-state index contributed by atoms with van der Waals surface area (Å²) in [5, 5.41) is 2.72. The molecule has 6 aromatic rings. The third-order valence-electron chi connectivity index (χ3n) is 19.2. The van der Waals surface area contributed by atoms with Crippen LogP contribution in [0.4, 0.5) is 5.69 Å². The average molecular weight is 1020 g/mol. The van der Waals surface area contributed by atoms with E-state index in [9.17, 15) is 0 Å². The van der Waals surface area contributed by atoms with E-state index in [4.69, 9.17) is 4.74 Å². The molecule has 0 saturated carbocycles. The summed E-state index contributed by atoms with van der Waals surface area (Å²) in [7, 11) is -1.14. The van der Waals surface area contributed by atoms with Crippen LogP contribution in [0.1, 0.15) is 144 Å². The van der Waals surface area contributed by atoms with Gasteiger partial charge in [-0.15, -0.1) is 0 Å². The van der Waals surface area contributed by atoms with Gasteiger partial charge in [0.2, 0.25) is 0 Å². The van der Waals surface area contributed by atoms with Crippen LogP contribution in [0.25, 0.3) is 28.1 Å². The number of rotatable bonds is 6. The lowest BCUT2D eigenvalue weighted by Gasteiger charge is -2.49. The second kappa shape index (κ2) is 17.9. The topological polar surface area (TPSA) is 20.6 Å². The van der Waals surface area contributed by atoms with Crippen molar-refractivity contribution in [2.24, 2.45) is 39.9 Å². The summed E-state index contributed by atoms with van der Waals surface area (Å²) in [6.45, 7) is 36.7. The first kappa shape index (κ1) is 51.0. The van der Waals surface area contributed by atoms with Crippen molar-refractivity contribution in [1.82, 2.24) is 9.24 Å². The van der Waals surface area contributed by atoms with Crippen molar-refractivity contribution >= 4 is 36.0 Å². The monoisotopic (exact) mass is 1020 g/mol. The number of nitrogens with zero attached hydrogens (tertiary/aromatic N) is 3. The Morgan fingerprint density at radius 2 is 1.30 bits per heavy atom. The van der Waals surface area contributed by atoms with Crippen molar-refractivity contribution in [3.05, 3.63) is 196 Å². The maximum absolute atomic E-state index is 7.75. The smallest absolute Gasteiger partial charge is 0.139 e. The zero-order valence-electron chi connectivity index (χ0n) is 48.2. The quantitative estimate of drug-likeness (QED) is 0.155. The van der Waals surface area contributed by atoms with Gasteiger partial charge in [-0.05, 0) is 134 Å². The molecule has 7 unspecified atom stereocenters. The Hall–Kier alpha value is -5.83. The predicted molar refractivity (Wildman–Crippen MR) is 324 cm³/mol. The second-order valence-electron chi connectivity index (χ2n) is 27.7. The summed E-state index contributed by atoms with van der Waals surface area (Å²) < 4.78 is 13.5. The molecule has 0 fully saturated rings. The van der Waals surface area contributed by atoms with Crippen LogP contribution in [-0.2, 0) is 17.3 Å². The van der Waals surface area contributed by atoms with Gasteiger partial charge >= 0.3 is 0 Å². The van der Waals surface area contributed by atoms with E-state index in [0.29, 0.717) is 17.8 Å². The van der Waals surface area contributed by atoms with Crippen LogP contribution in [0.2, 0.25) is 0 Å². The standard InChI is InChI=1S/C71H82N3OP/c1-44-55(38-51(67(3,4)5)40-58(44)69(9,10)11)57-39-52(68(6,7)8)42-72-60-35-47(46-25-19-16-20-26-46)36-62-65(60)76(66(57)72)73-43-53(71(14,15)49-29-23-18-24-30-49)41-63(73)74-59-33-31-50(70(12,13)48-27-21-17-22-28-48)37-56(59)54-32-34-61(75-62)45(2)64(54)74/h16-36,38,40,42-44,50,57-58,63,66H,37,39,41H2,1-15H3. The van der Waals surface area contributed by atoms with Gasteiger partial charge in [0.05, 0.1) is 30.4 Å². The Balaban J connectivity index is 1.15. The van der Waals surface area contributed by atoms with Gasteiger partial charge in [-0.25, -0.2) is 0 Å². The Morgan fingerprint density at radius 3 is 1.95 bits per heavy atom. The molecule has 76 heavy (non-hydrogen) atoms. The minimum absolute atomic E-state index is 0.00491. The van der Waals surface area contributed by atoms with Crippen LogP contribution in [0.5, 0.6) is 11.5 Å². The van der Waals surface area contributed by atoms with Gasteiger partial charge in [0.1, 0.15) is 17.7 Å². The summed E-state index contributed by atoms with van der Waals surface area (Å²) in [5.41, 5.74) is 17.7. The van der Waals surface area contributed by atoms with Crippen molar-refractivity contribution in [2.75, 3.05) is 4.90 Å². The summed E-state index contributed by atoms with van der Waals surface area (Å²) in [4.78, 5) is 2.81. The number of allylic oxidation sites excluding steroid dienone is 5. The number of hydrogen-bond donors (Lipinski definition) is 0. The molecule has 5 heterocycles. The summed E-state index contributed by atoms with van der Waals surface area (Å²) in [6.07, 6.45) is 18.7. The fourth-order valence-corrected chi connectivity index (χ4v) is 17.6. The minimum atomic E-state index is -1.14. The Morgan fingerprint density at radius 1 is 0.645 bits per heavy atom. The maximum atomic E-state index is 7.75. The molecule has 0 spiro atoms. The maximum Gasteiger partial charge on any atom is 0.139 e. The van der Waals surface area contributed by atoms with E-state index in [1.165, 1.54) is 77.7 Å². The molecular weight excluding hydrogens is 942 g/mol. The molecule has 4 nitrogen and oxygen atoms in total. The van der Waals surface area contributed by atoms with E-state index >= 15 is 0 Å². The highest BCUT2D eigenvalue weighted by atomic mass is 31.1. The molecule has 0 amide bonds. The largest absolute Gasteiger partial charge is 0.456 e. The van der Waals surface area contributed by atoms with E-state index in [1.807, 2.05) is 0 Å². The highest BCUT2D eigenvalue weighted by Crippen LogP contribution is 2.69. The average Bonchev–Trinajstić information content (AvgIpc) is 4.15. The van der Waals surface area contributed by atoms with Crippen molar-refractivity contribution in [3.8, 4) is 22.6 Å². The number of aromatic nitrogens is 1. The van der Waals surface area contributed by atoms with Crippen LogP contribution in [0.15, 0.2) is 168 Å². The number of aryl methyl sites for hydroxylation is 1. The Bertz CT molecular complexity index is 3430. The van der Waals surface area contributed by atoms with Crippen LogP contribution in [0.3, 0.4) is 0 Å². The first-order valence-corrected chi connectivity index (χ1v) is 29.9. The van der Waals surface area contributed by atoms with E-state index in [-0.39, 0.29) is 44.9 Å². The molecule has 6 aliphatic rings. The van der Waals surface area contributed by atoms with Gasteiger partial charge in [0.15, 0.2) is 0 Å². The SMILES string of the molecule is Cc1c2ccc3c4c(n(c13)C1CC(C(C)(C)c3ccccc3)=CN1P1c3c(cc(-c5ccccc5)cc3N3C=C(C(C)(C)C)CC(C5=CC(C(C)(C)C)=CC(C(C)(C)C)C5C)C31)O2)C=CC(C(C)(C)c1ccccc1)C4. The van der Waals surface area contributed by atoms with Crippen LogP contribution < -0.4 is 14.9 Å². The fourth-order valence-electron chi connectivity index (χ4n) is 14.3. The van der Waals surface area contributed by atoms with Crippen molar-refractivity contribution in [1.29, 1.82) is 0 Å². The zero-order chi connectivity index (χ0) is 53.6. The summed E-state index contributed by atoms with van der Waals surface area (Å²) in [6, 6.07) is 43.2. The number of ether oxygens (including phenoxy) is 1. The van der Waals surface area contributed by atoms with Crippen molar-refractivity contribution < 1.29 is 4.74 Å². The molecule has 7 atom stereocenters. The van der Waals surface area contributed by atoms with Gasteiger partial charge in [0, 0.05) is 46.8 Å². The van der Waals surface area contributed by atoms with Gasteiger partial charge < -0.3 is 18.9 Å². The van der Waals surface area contributed by atoms with Crippen LogP contribution in [-0.4, -0.2) is 15.0 Å². The highest BCUT2D eigenvalue weighted by molar-refractivity contribution is 7.65. The molecule has 2 bridgehead atoms. The number of anilines is 1. The molecule has 0 radical (unpaired) electrons. The lowest BCUT2D eigenvalue weighted by molar-refractivity contribution is 0.219. The normalized spacial score (nSPS) is 24.3. The van der Waals surface area contributed by atoms with Gasteiger partial charge in [-0.3, -0.25) is 0 Å². The van der Waals surface area contributed by atoms with E-state index in [2.05, 4.69) is 270 Å². The van der Waals surface area contributed by atoms with Crippen molar-refractivity contribution in [2.45, 2.75) is 146 Å². The molecule has 4 aliphatic heterocycles. The number of benzene rings is 5. The van der Waals surface area contributed by atoms with Gasteiger partial charge in [-0.1, -0.05) is 212 Å². The van der Waals surface area contributed by atoms with E-state index < -0.39 is 8.07 Å².